The molecule has 5 heteroatoms. The predicted molar refractivity (Wildman–Crippen MR) is 85.3 cm³/mol. The molecule has 2 aromatic rings. The number of rotatable bonds is 6. The number of aryl methyl sites for hydroxylation is 1. The van der Waals surface area contributed by atoms with Crippen molar-refractivity contribution in [1.29, 1.82) is 0 Å². The molecule has 1 N–H and O–H groups in total. The molecule has 0 atom stereocenters. The summed E-state index contributed by atoms with van der Waals surface area (Å²) < 4.78 is 15.6. The van der Waals surface area contributed by atoms with Crippen molar-refractivity contribution in [2.45, 2.75) is 13.5 Å². The van der Waals surface area contributed by atoms with Crippen LogP contribution in [-0.2, 0) is 16.1 Å². The quantitative estimate of drug-likeness (QED) is 0.502. The fourth-order valence-electron chi connectivity index (χ4n) is 1.86. The summed E-state index contributed by atoms with van der Waals surface area (Å²) in [4.78, 5) is 11.4. The van der Waals surface area contributed by atoms with Gasteiger partial charge in [0.15, 0.2) is 0 Å². The maximum absolute atomic E-state index is 11.4. The average Bonchev–Trinajstić information content (AvgIpc) is 2.60. The fraction of sp³-hybridized carbons (Fsp3) is 0.167. The molecule has 0 bridgehead atoms. The lowest BCUT2D eigenvalue weighted by Crippen LogP contribution is -2.11. The number of methoxy groups -OCH3 is 1. The van der Waals surface area contributed by atoms with Crippen LogP contribution in [0.2, 0.25) is 0 Å². The number of hydrogen-bond donors (Lipinski definition) is 1. The maximum Gasteiger partial charge on any atom is 0.377 e. The van der Waals surface area contributed by atoms with E-state index in [9.17, 15) is 4.79 Å². The summed E-state index contributed by atoms with van der Waals surface area (Å²) in [5, 5.41) is 9.08. The second-order valence-electron chi connectivity index (χ2n) is 4.79. The first-order chi connectivity index (χ1) is 11.1. The van der Waals surface area contributed by atoms with Gasteiger partial charge in [-0.3, -0.25) is 0 Å². The molecule has 0 radical (unpaired) electrons. The van der Waals surface area contributed by atoms with E-state index in [2.05, 4.69) is 4.74 Å². The molecule has 2 aromatic carbocycles. The molecular weight excluding hydrogens is 296 g/mol. The first-order valence-electron chi connectivity index (χ1n) is 7.02. The molecule has 2 rings (SSSR count). The summed E-state index contributed by atoms with van der Waals surface area (Å²) in [5.41, 5.74) is 1.83. The SMILES string of the molecule is COC(=O)/C(=C/O)Oc1cc(OCc2ccccc2)ccc1C. The second kappa shape index (κ2) is 7.89. The molecule has 0 unspecified atom stereocenters. The minimum Gasteiger partial charge on any atom is -0.511 e. The zero-order chi connectivity index (χ0) is 16.7. The number of ether oxygens (including phenoxy) is 3. The van der Waals surface area contributed by atoms with Crippen LogP contribution in [0.5, 0.6) is 11.5 Å². The summed E-state index contributed by atoms with van der Waals surface area (Å²) in [6, 6.07) is 15.0. The topological polar surface area (TPSA) is 65.0 Å². The van der Waals surface area contributed by atoms with E-state index in [1.807, 2.05) is 49.4 Å². The largest absolute Gasteiger partial charge is 0.511 e. The van der Waals surface area contributed by atoms with Crippen molar-refractivity contribution >= 4 is 5.97 Å². The van der Waals surface area contributed by atoms with Gasteiger partial charge in [-0.25, -0.2) is 4.79 Å². The van der Waals surface area contributed by atoms with Crippen molar-refractivity contribution in [2.75, 3.05) is 7.11 Å². The van der Waals surface area contributed by atoms with Crippen LogP contribution in [0.25, 0.3) is 0 Å². The molecule has 120 valence electrons. The smallest absolute Gasteiger partial charge is 0.377 e. The zero-order valence-electron chi connectivity index (χ0n) is 13.0. The highest BCUT2D eigenvalue weighted by atomic mass is 16.6. The summed E-state index contributed by atoms with van der Waals surface area (Å²) in [5.74, 6) is -0.0591. The van der Waals surface area contributed by atoms with E-state index in [0.29, 0.717) is 24.4 Å². The lowest BCUT2D eigenvalue weighted by Gasteiger charge is -2.12. The van der Waals surface area contributed by atoms with Gasteiger partial charge in [-0.15, -0.1) is 0 Å². The highest BCUT2D eigenvalue weighted by Gasteiger charge is 2.14. The van der Waals surface area contributed by atoms with Gasteiger partial charge in [0, 0.05) is 6.07 Å². The molecule has 0 amide bonds. The van der Waals surface area contributed by atoms with Crippen LogP contribution in [0, 0.1) is 6.92 Å². The number of carbonyl (C=O) groups is 1. The third-order valence-electron chi connectivity index (χ3n) is 3.13. The summed E-state index contributed by atoms with van der Waals surface area (Å²) in [7, 11) is 1.21. The first-order valence-corrected chi connectivity index (χ1v) is 7.02. The molecule has 0 spiro atoms. The Morgan fingerprint density at radius 1 is 1.17 bits per heavy atom. The number of hydrogen-bond acceptors (Lipinski definition) is 5. The Hall–Kier alpha value is -2.95. The summed E-state index contributed by atoms with van der Waals surface area (Å²) >= 11 is 0. The minimum absolute atomic E-state index is 0.296. The van der Waals surface area contributed by atoms with Gasteiger partial charge in [0.1, 0.15) is 24.4 Å². The highest BCUT2D eigenvalue weighted by Crippen LogP contribution is 2.26. The molecule has 0 aliphatic rings. The standard InChI is InChI=1S/C18H18O5/c1-13-8-9-15(22-12-14-6-4-3-5-7-14)10-16(13)23-17(11-19)18(20)21-2/h3-11,19H,12H2,1-2H3/b17-11-. The van der Waals surface area contributed by atoms with Crippen molar-refractivity contribution < 1.29 is 24.1 Å². The van der Waals surface area contributed by atoms with Crippen LogP contribution in [0.1, 0.15) is 11.1 Å². The number of aliphatic hydroxyl groups excluding tert-OH is 1. The van der Waals surface area contributed by atoms with Crippen LogP contribution >= 0.6 is 0 Å². The van der Waals surface area contributed by atoms with Crippen molar-refractivity contribution in [3.63, 3.8) is 0 Å². The molecule has 0 aliphatic heterocycles. The molecule has 0 aromatic heterocycles. The normalized spacial score (nSPS) is 11.0. The van der Waals surface area contributed by atoms with E-state index in [0.717, 1.165) is 11.1 Å². The maximum atomic E-state index is 11.4. The summed E-state index contributed by atoms with van der Waals surface area (Å²) in [6.07, 6.45) is 0.572. The monoisotopic (exact) mass is 314 g/mol. The van der Waals surface area contributed by atoms with Crippen molar-refractivity contribution in [1.82, 2.24) is 0 Å². The van der Waals surface area contributed by atoms with Crippen LogP contribution < -0.4 is 9.47 Å². The Balaban J connectivity index is 2.11. The van der Waals surface area contributed by atoms with Gasteiger partial charge >= 0.3 is 5.97 Å². The molecule has 0 saturated carbocycles. The predicted octanol–water partition coefficient (Wildman–Crippen LogP) is 3.53. The van der Waals surface area contributed by atoms with Crippen LogP contribution in [-0.4, -0.2) is 18.2 Å². The van der Waals surface area contributed by atoms with E-state index < -0.39 is 5.97 Å². The van der Waals surface area contributed by atoms with E-state index in [1.165, 1.54) is 7.11 Å². The first kappa shape index (κ1) is 16.4. The molecular formula is C18H18O5. The van der Waals surface area contributed by atoms with E-state index >= 15 is 0 Å². The van der Waals surface area contributed by atoms with Gasteiger partial charge in [0.05, 0.1) is 7.11 Å². The van der Waals surface area contributed by atoms with Gasteiger partial charge in [0.25, 0.3) is 0 Å². The molecule has 0 fully saturated rings. The lowest BCUT2D eigenvalue weighted by molar-refractivity contribution is -0.138. The number of benzene rings is 2. The minimum atomic E-state index is -0.762. The van der Waals surface area contributed by atoms with Crippen LogP contribution in [0.3, 0.4) is 0 Å². The van der Waals surface area contributed by atoms with E-state index in [1.54, 1.807) is 6.07 Å². The lowest BCUT2D eigenvalue weighted by atomic mass is 10.2. The third kappa shape index (κ3) is 4.51. The van der Waals surface area contributed by atoms with Crippen LogP contribution in [0.15, 0.2) is 60.6 Å². The number of carbonyl (C=O) groups excluding carboxylic acids is 1. The van der Waals surface area contributed by atoms with Crippen molar-refractivity contribution in [2.24, 2.45) is 0 Å². The number of esters is 1. The zero-order valence-corrected chi connectivity index (χ0v) is 13.0. The Morgan fingerprint density at radius 2 is 1.91 bits per heavy atom. The fourth-order valence-corrected chi connectivity index (χ4v) is 1.86. The van der Waals surface area contributed by atoms with Gasteiger partial charge in [-0.1, -0.05) is 36.4 Å². The Bertz CT molecular complexity index is 692. The highest BCUT2D eigenvalue weighted by molar-refractivity contribution is 5.86. The van der Waals surface area contributed by atoms with Crippen molar-refractivity contribution in [3.05, 3.63) is 71.7 Å². The Morgan fingerprint density at radius 3 is 2.57 bits per heavy atom. The molecule has 23 heavy (non-hydrogen) atoms. The van der Waals surface area contributed by atoms with E-state index in [-0.39, 0.29) is 5.76 Å². The Labute approximate surface area is 134 Å². The Kier molecular flexibility index (Phi) is 5.63. The van der Waals surface area contributed by atoms with Crippen molar-refractivity contribution in [3.8, 4) is 11.5 Å². The van der Waals surface area contributed by atoms with Crippen LogP contribution in [0.4, 0.5) is 0 Å². The number of aliphatic hydroxyl groups is 1. The van der Waals surface area contributed by atoms with Gasteiger partial charge in [-0.05, 0) is 24.1 Å². The molecule has 0 aliphatic carbocycles. The molecule has 5 nitrogen and oxygen atoms in total. The second-order valence-corrected chi connectivity index (χ2v) is 4.79. The van der Waals surface area contributed by atoms with Gasteiger partial charge < -0.3 is 19.3 Å². The van der Waals surface area contributed by atoms with Gasteiger partial charge in [0.2, 0.25) is 5.76 Å². The molecule has 0 saturated heterocycles. The third-order valence-corrected chi connectivity index (χ3v) is 3.13. The van der Waals surface area contributed by atoms with Gasteiger partial charge in [-0.2, -0.15) is 0 Å². The van der Waals surface area contributed by atoms with E-state index in [4.69, 9.17) is 14.6 Å². The average molecular weight is 314 g/mol. The summed E-state index contributed by atoms with van der Waals surface area (Å²) in [6.45, 7) is 2.24. The molecule has 0 heterocycles.